The van der Waals surface area contributed by atoms with Gasteiger partial charge in [0.15, 0.2) is 0 Å². The zero-order valence-electron chi connectivity index (χ0n) is 9.40. The zero-order valence-corrected chi connectivity index (χ0v) is 9.40. The fraction of sp³-hybridized carbons (Fsp3) is 1.00. The fourth-order valence-electron chi connectivity index (χ4n) is 1.64. The van der Waals surface area contributed by atoms with Gasteiger partial charge in [-0.25, -0.2) is 8.78 Å². The first-order valence-electron chi connectivity index (χ1n) is 5.19. The zero-order chi connectivity index (χ0) is 10.6. The molecule has 0 heterocycles. The molecule has 0 amide bonds. The molecule has 0 aromatic rings. The van der Waals surface area contributed by atoms with Crippen LogP contribution in [-0.4, -0.2) is 12.3 Å². The van der Waals surface area contributed by atoms with Crippen molar-refractivity contribution < 1.29 is 8.78 Å². The summed E-state index contributed by atoms with van der Waals surface area (Å²) in [7, 11) is 0. The Bertz CT molecular complexity index is 128. The van der Waals surface area contributed by atoms with Gasteiger partial charge >= 0.3 is 0 Å². The summed E-state index contributed by atoms with van der Waals surface area (Å²) in [5, 5.41) is 0. The summed E-state index contributed by atoms with van der Waals surface area (Å²) in [6, 6.07) is 0. The van der Waals surface area contributed by atoms with Crippen molar-refractivity contribution in [2.24, 2.45) is 11.3 Å². The second-order valence-corrected chi connectivity index (χ2v) is 4.57. The minimum Gasteiger partial charge on any atom is -0.244 e. The maximum atomic E-state index is 12.7. The van der Waals surface area contributed by atoms with Gasteiger partial charge in [0.2, 0.25) is 0 Å². The summed E-state index contributed by atoms with van der Waals surface area (Å²) in [6.45, 7) is 10.1. The molecular formula is C11H22F2. The van der Waals surface area contributed by atoms with E-state index in [0.717, 1.165) is 0 Å². The Hall–Kier alpha value is -0.140. The van der Waals surface area contributed by atoms with Crippen molar-refractivity contribution in [2.75, 3.05) is 0 Å². The Balaban J connectivity index is 0.000000671. The molecule has 2 unspecified atom stereocenters. The first kappa shape index (κ1) is 12.9. The van der Waals surface area contributed by atoms with Gasteiger partial charge < -0.3 is 0 Å². The molecule has 13 heavy (non-hydrogen) atoms. The lowest BCUT2D eigenvalue weighted by atomic mass is 9.80. The van der Waals surface area contributed by atoms with Gasteiger partial charge in [0.1, 0.15) is 12.3 Å². The van der Waals surface area contributed by atoms with Crippen molar-refractivity contribution in [1.29, 1.82) is 0 Å². The van der Waals surface area contributed by atoms with E-state index in [9.17, 15) is 8.78 Å². The van der Waals surface area contributed by atoms with Gasteiger partial charge in [-0.2, -0.15) is 0 Å². The van der Waals surface area contributed by atoms with E-state index in [1.54, 1.807) is 0 Å². The van der Waals surface area contributed by atoms with Gasteiger partial charge in [-0.05, 0) is 24.2 Å². The summed E-state index contributed by atoms with van der Waals surface area (Å²) < 4.78 is 25.4. The quantitative estimate of drug-likeness (QED) is 0.541. The normalized spacial score (nSPS) is 33.9. The van der Waals surface area contributed by atoms with Gasteiger partial charge in [0, 0.05) is 0 Å². The van der Waals surface area contributed by atoms with Crippen molar-refractivity contribution in [3.05, 3.63) is 0 Å². The summed E-state index contributed by atoms with van der Waals surface area (Å²) >= 11 is 0. The van der Waals surface area contributed by atoms with Crippen LogP contribution in [0.25, 0.3) is 0 Å². The highest BCUT2D eigenvalue weighted by Crippen LogP contribution is 2.41. The van der Waals surface area contributed by atoms with Crippen LogP contribution in [0.3, 0.4) is 0 Å². The summed E-state index contributed by atoms with van der Waals surface area (Å²) in [6.07, 6.45) is -1.60. The van der Waals surface area contributed by atoms with Gasteiger partial charge in [0.25, 0.3) is 0 Å². The number of rotatable bonds is 0. The van der Waals surface area contributed by atoms with Crippen LogP contribution in [0.1, 0.15) is 47.5 Å². The van der Waals surface area contributed by atoms with Crippen molar-refractivity contribution in [1.82, 2.24) is 0 Å². The van der Waals surface area contributed by atoms with Crippen LogP contribution in [0.2, 0.25) is 0 Å². The summed E-state index contributed by atoms with van der Waals surface area (Å²) in [4.78, 5) is 0. The Morgan fingerprint density at radius 3 is 1.38 bits per heavy atom. The SMILES string of the molecule is CC.CC(C)(C)C1CC(F)C(F)C1. The number of alkyl halides is 2. The molecule has 1 aliphatic rings. The average Bonchev–Trinajstić information content (AvgIpc) is 2.35. The van der Waals surface area contributed by atoms with E-state index in [1.807, 2.05) is 34.6 Å². The average molecular weight is 192 g/mol. The monoisotopic (exact) mass is 192 g/mol. The largest absolute Gasteiger partial charge is 0.244 e. The lowest BCUT2D eigenvalue weighted by molar-refractivity contribution is 0.199. The van der Waals surface area contributed by atoms with Crippen LogP contribution in [0, 0.1) is 11.3 Å². The Morgan fingerprint density at radius 2 is 1.23 bits per heavy atom. The van der Waals surface area contributed by atoms with Crippen molar-refractivity contribution in [3.8, 4) is 0 Å². The highest BCUT2D eigenvalue weighted by molar-refractivity contribution is 4.89. The minimum absolute atomic E-state index is 0.0607. The molecule has 1 aliphatic carbocycles. The van der Waals surface area contributed by atoms with E-state index in [2.05, 4.69) is 0 Å². The molecule has 2 heteroatoms. The molecule has 0 aromatic heterocycles. The molecule has 2 atom stereocenters. The summed E-state index contributed by atoms with van der Waals surface area (Å²) in [5.74, 6) is 0.215. The van der Waals surface area contributed by atoms with Crippen molar-refractivity contribution in [2.45, 2.75) is 59.8 Å². The predicted octanol–water partition coefficient (Wildman–Crippen LogP) is 4.14. The van der Waals surface area contributed by atoms with E-state index < -0.39 is 12.3 Å². The lowest BCUT2D eigenvalue weighted by Crippen LogP contribution is -2.17. The molecule has 1 saturated carbocycles. The first-order valence-corrected chi connectivity index (χ1v) is 5.19. The van der Waals surface area contributed by atoms with Crippen LogP contribution in [0.4, 0.5) is 8.78 Å². The van der Waals surface area contributed by atoms with Gasteiger partial charge in [0.05, 0.1) is 0 Å². The number of hydrogen-bond donors (Lipinski definition) is 0. The van der Waals surface area contributed by atoms with Crippen LogP contribution in [0.15, 0.2) is 0 Å². The molecule has 0 aliphatic heterocycles. The van der Waals surface area contributed by atoms with E-state index >= 15 is 0 Å². The molecular weight excluding hydrogens is 170 g/mol. The fourth-order valence-corrected chi connectivity index (χ4v) is 1.64. The molecule has 80 valence electrons. The van der Waals surface area contributed by atoms with Gasteiger partial charge in [-0.15, -0.1) is 0 Å². The summed E-state index contributed by atoms with van der Waals surface area (Å²) in [5.41, 5.74) is 0.0607. The molecule has 1 fully saturated rings. The highest BCUT2D eigenvalue weighted by Gasteiger charge is 2.39. The Labute approximate surface area is 80.7 Å². The molecule has 0 saturated heterocycles. The highest BCUT2D eigenvalue weighted by atomic mass is 19.2. The standard InChI is InChI=1S/C9H16F2.C2H6/c1-9(2,3)6-4-7(10)8(11)5-6;1-2/h6-8H,4-5H2,1-3H3;1-2H3. The maximum Gasteiger partial charge on any atom is 0.131 e. The van der Waals surface area contributed by atoms with Crippen molar-refractivity contribution in [3.63, 3.8) is 0 Å². The van der Waals surface area contributed by atoms with Gasteiger partial charge in [-0.1, -0.05) is 34.6 Å². The predicted molar refractivity (Wildman–Crippen MR) is 53.3 cm³/mol. The second-order valence-electron chi connectivity index (χ2n) is 4.57. The molecule has 0 spiro atoms. The van der Waals surface area contributed by atoms with Crippen LogP contribution < -0.4 is 0 Å². The van der Waals surface area contributed by atoms with E-state index in [-0.39, 0.29) is 11.3 Å². The topological polar surface area (TPSA) is 0 Å². The smallest absolute Gasteiger partial charge is 0.131 e. The molecule has 1 rings (SSSR count). The van der Waals surface area contributed by atoms with Crippen LogP contribution in [0.5, 0.6) is 0 Å². The second kappa shape index (κ2) is 4.92. The third-order valence-corrected chi connectivity index (χ3v) is 2.64. The molecule has 0 N–H and O–H groups in total. The van der Waals surface area contributed by atoms with E-state index in [1.165, 1.54) is 0 Å². The van der Waals surface area contributed by atoms with Crippen molar-refractivity contribution >= 4 is 0 Å². The molecule has 0 aromatic carbocycles. The minimum atomic E-state index is -1.21. The lowest BCUT2D eigenvalue weighted by Gasteiger charge is -2.25. The Kier molecular flexibility index (Phi) is 4.87. The molecule has 0 bridgehead atoms. The first-order chi connectivity index (χ1) is 5.91. The van der Waals surface area contributed by atoms with E-state index in [4.69, 9.17) is 0 Å². The maximum absolute atomic E-state index is 12.7. The number of hydrogen-bond acceptors (Lipinski definition) is 0. The third-order valence-electron chi connectivity index (χ3n) is 2.64. The Morgan fingerprint density at radius 1 is 0.923 bits per heavy atom. The van der Waals surface area contributed by atoms with Crippen LogP contribution in [-0.2, 0) is 0 Å². The molecule has 0 radical (unpaired) electrons. The molecule has 0 nitrogen and oxygen atoms in total. The van der Waals surface area contributed by atoms with Gasteiger partial charge in [-0.3, -0.25) is 0 Å². The van der Waals surface area contributed by atoms with E-state index in [0.29, 0.717) is 12.8 Å². The third kappa shape index (κ3) is 3.61. The number of halogens is 2. The van der Waals surface area contributed by atoms with Crippen LogP contribution >= 0.6 is 0 Å².